The van der Waals surface area contributed by atoms with Crippen LogP contribution >= 0.6 is 35.0 Å². The number of carbonyl (C=O) groups excluding carboxylic acids is 1. The Morgan fingerprint density at radius 2 is 1.96 bits per heavy atom. The van der Waals surface area contributed by atoms with E-state index in [1.807, 2.05) is 24.3 Å². The Kier molecular flexibility index (Phi) is 5.76. The lowest BCUT2D eigenvalue weighted by atomic mass is 10.2. The minimum Gasteiger partial charge on any atom is -0.454 e. The van der Waals surface area contributed by atoms with Crippen molar-refractivity contribution in [1.82, 2.24) is 5.32 Å². The van der Waals surface area contributed by atoms with Gasteiger partial charge in [-0.25, -0.2) is 0 Å². The number of carbonyl (C=O) groups is 1. The second-order valence-electron chi connectivity index (χ2n) is 5.19. The maximum Gasteiger partial charge on any atom is 0.231 e. The van der Waals surface area contributed by atoms with Gasteiger partial charge in [0.05, 0.1) is 5.75 Å². The average Bonchev–Trinajstić information content (AvgIpc) is 3.02. The van der Waals surface area contributed by atoms with E-state index in [9.17, 15) is 4.79 Å². The second kappa shape index (κ2) is 8.01. The maximum absolute atomic E-state index is 11.9. The van der Waals surface area contributed by atoms with E-state index in [-0.39, 0.29) is 12.7 Å². The Morgan fingerprint density at radius 3 is 2.79 bits per heavy atom. The minimum absolute atomic E-state index is 0.0354. The fraction of sp³-hybridized carbons (Fsp3) is 0.235. The molecular formula is C17H15Cl2NO3S. The third-order valence-corrected chi connectivity index (χ3v) is 5.02. The first-order valence-corrected chi connectivity index (χ1v) is 9.20. The molecule has 2 aromatic carbocycles. The fourth-order valence-corrected chi connectivity index (χ4v) is 3.48. The SMILES string of the molecule is O=C(CSCc1ccc2c(c1)OCO2)NCc1ccc(Cl)cc1Cl. The smallest absolute Gasteiger partial charge is 0.231 e. The minimum atomic E-state index is -0.0354. The summed E-state index contributed by atoms with van der Waals surface area (Å²) in [6, 6.07) is 11.0. The van der Waals surface area contributed by atoms with Crippen LogP contribution in [0.5, 0.6) is 11.5 Å². The number of ether oxygens (including phenoxy) is 2. The molecule has 126 valence electrons. The first kappa shape index (κ1) is 17.3. The molecule has 1 N–H and O–H groups in total. The lowest BCUT2D eigenvalue weighted by Gasteiger charge is -2.08. The molecule has 0 bridgehead atoms. The molecule has 0 saturated carbocycles. The van der Waals surface area contributed by atoms with Crippen molar-refractivity contribution in [2.24, 2.45) is 0 Å². The zero-order chi connectivity index (χ0) is 16.9. The number of amides is 1. The van der Waals surface area contributed by atoms with Crippen LogP contribution in [0, 0.1) is 0 Å². The van der Waals surface area contributed by atoms with Crippen LogP contribution in [0.2, 0.25) is 10.0 Å². The van der Waals surface area contributed by atoms with Gasteiger partial charge in [0.25, 0.3) is 0 Å². The molecule has 7 heteroatoms. The van der Waals surface area contributed by atoms with Crippen LogP contribution < -0.4 is 14.8 Å². The van der Waals surface area contributed by atoms with E-state index < -0.39 is 0 Å². The summed E-state index contributed by atoms with van der Waals surface area (Å²) in [5.41, 5.74) is 1.94. The molecule has 1 amide bonds. The highest BCUT2D eigenvalue weighted by Gasteiger charge is 2.13. The van der Waals surface area contributed by atoms with Crippen molar-refractivity contribution >= 4 is 40.9 Å². The van der Waals surface area contributed by atoms with Crippen LogP contribution in [-0.4, -0.2) is 18.5 Å². The average molecular weight is 384 g/mol. The summed E-state index contributed by atoms with van der Waals surface area (Å²) in [6.45, 7) is 0.654. The molecule has 1 aliphatic heterocycles. The van der Waals surface area contributed by atoms with Gasteiger partial charge in [0, 0.05) is 22.3 Å². The summed E-state index contributed by atoms with van der Waals surface area (Å²) in [6.07, 6.45) is 0. The summed E-state index contributed by atoms with van der Waals surface area (Å²) in [5, 5.41) is 3.98. The third-order valence-electron chi connectivity index (χ3n) is 3.43. The summed E-state index contributed by atoms with van der Waals surface area (Å²) < 4.78 is 10.6. The number of rotatable bonds is 6. The Bertz CT molecular complexity index is 755. The van der Waals surface area contributed by atoms with Gasteiger partial charge in [0.15, 0.2) is 11.5 Å². The highest BCUT2D eigenvalue weighted by atomic mass is 35.5. The molecule has 3 rings (SSSR count). The van der Waals surface area contributed by atoms with Crippen LogP contribution in [0.3, 0.4) is 0 Å². The van der Waals surface area contributed by atoms with Gasteiger partial charge < -0.3 is 14.8 Å². The lowest BCUT2D eigenvalue weighted by molar-refractivity contribution is -0.118. The van der Waals surface area contributed by atoms with Crippen LogP contribution in [0.15, 0.2) is 36.4 Å². The van der Waals surface area contributed by atoms with Crippen LogP contribution in [0.4, 0.5) is 0 Å². The van der Waals surface area contributed by atoms with Crippen LogP contribution in [0.1, 0.15) is 11.1 Å². The molecule has 2 aromatic rings. The van der Waals surface area contributed by atoms with Gasteiger partial charge in [-0.1, -0.05) is 35.3 Å². The number of benzene rings is 2. The van der Waals surface area contributed by atoms with E-state index in [1.165, 1.54) is 11.8 Å². The van der Waals surface area contributed by atoms with Crippen molar-refractivity contribution in [2.45, 2.75) is 12.3 Å². The van der Waals surface area contributed by atoms with Gasteiger partial charge in [-0.3, -0.25) is 4.79 Å². The number of halogens is 2. The predicted octanol–water partition coefficient (Wildman–Crippen LogP) is 4.27. The highest BCUT2D eigenvalue weighted by Crippen LogP contribution is 2.33. The Balaban J connectivity index is 1.42. The summed E-state index contributed by atoms with van der Waals surface area (Å²) in [4.78, 5) is 11.9. The number of nitrogens with one attached hydrogen (secondary N) is 1. The number of hydrogen-bond acceptors (Lipinski definition) is 4. The molecule has 1 heterocycles. The van der Waals surface area contributed by atoms with Gasteiger partial charge in [-0.05, 0) is 35.4 Å². The van der Waals surface area contributed by atoms with Gasteiger partial charge in [-0.15, -0.1) is 11.8 Å². The number of fused-ring (bicyclic) bond motifs is 1. The first-order chi connectivity index (χ1) is 11.6. The first-order valence-electron chi connectivity index (χ1n) is 7.29. The van der Waals surface area contributed by atoms with E-state index in [4.69, 9.17) is 32.7 Å². The van der Waals surface area contributed by atoms with Crippen molar-refractivity contribution in [1.29, 1.82) is 0 Å². The van der Waals surface area contributed by atoms with E-state index in [1.54, 1.807) is 12.1 Å². The summed E-state index contributed by atoms with van der Waals surface area (Å²) in [5.74, 6) is 2.59. The largest absolute Gasteiger partial charge is 0.454 e. The molecule has 0 aliphatic carbocycles. The van der Waals surface area contributed by atoms with Crippen LogP contribution in [-0.2, 0) is 17.1 Å². The highest BCUT2D eigenvalue weighted by molar-refractivity contribution is 7.99. The molecule has 0 spiro atoms. The van der Waals surface area contributed by atoms with Crippen molar-refractivity contribution in [3.8, 4) is 11.5 Å². The standard InChI is InChI=1S/C17H15Cl2NO3S/c18-13-3-2-12(14(19)6-13)7-20-17(21)9-24-8-11-1-4-15-16(5-11)23-10-22-15/h1-6H,7-10H2,(H,20,21). The molecule has 0 aromatic heterocycles. The molecule has 24 heavy (non-hydrogen) atoms. The Hall–Kier alpha value is -1.56. The van der Waals surface area contributed by atoms with E-state index >= 15 is 0 Å². The van der Waals surface area contributed by atoms with E-state index in [0.29, 0.717) is 22.3 Å². The van der Waals surface area contributed by atoms with E-state index in [0.717, 1.165) is 28.4 Å². The van der Waals surface area contributed by atoms with E-state index in [2.05, 4.69) is 5.32 Å². The second-order valence-corrected chi connectivity index (χ2v) is 7.02. The topological polar surface area (TPSA) is 47.6 Å². The number of hydrogen-bond donors (Lipinski definition) is 1. The summed E-state index contributed by atoms with van der Waals surface area (Å²) >= 11 is 13.5. The number of thioether (sulfide) groups is 1. The molecule has 4 nitrogen and oxygen atoms in total. The normalized spacial score (nSPS) is 12.2. The molecule has 0 saturated heterocycles. The predicted molar refractivity (Wildman–Crippen MR) is 97.0 cm³/mol. The van der Waals surface area contributed by atoms with Crippen LogP contribution in [0.25, 0.3) is 0 Å². The van der Waals surface area contributed by atoms with Gasteiger partial charge in [0.2, 0.25) is 12.7 Å². The molecule has 0 fully saturated rings. The van der Waals surface area contributed by atoms with Crippen molar-refractivity contribution in [3.63, 3.8) is 0 Å². The van der Waals surface area contributed by atoms with Crippen molar-refractivity contribution in [3.05, 3.63) is 57.6 Å². The van der Waals surface area contributed by atoms with Gasteiger partial charge >= 0.3 is 0 Å². The Labute approximate surface area is 154 Å². The van der Waals surface area contributed by atoms with Gasteiger partial charge in [-0.2, -0.15) is 0 Å². The quantitative estimate of drug-likeness (QED) is 0.808. The van der Waals surface area contributed by atoms with Crippen molar-refractivity contribution in [2.75, 3.05) is 12.5 Å². The molecular weight excluding hydrogens is 369 g/mol. The lowest BCUT2D eigenvalue weighted by Crippen LogP contribution is -2.24. The summed E-state index contributed by atoms with van der Waals surface area (Å²) in [7, 11) is 0. The molecule has 0 radical (unpaired) electrons. The molecule has 0 unspecified atom stereocenters. The fourth-order valence-electron chi connectivity index (χ4n) is 2.20. The zero-order valence-electron chi connectivity index (χ0n) is 12.7. The molecule has 0 atom stereocenters. The van der Waals surface area contributed by atoms with Crippen molar-refractivity contribution < 1.29 is 14.3 Å². The zero-order valence-corrected chi connectivity index (χ0v) is 15.0. The molecule has 1 aliphatic rings. The third kappa shape index (κ3) is 4.50. The Morgan fingerprint density at radius 1 is 1.12 bits per heavy atom. The van der Waals surface area contributed by atoms with Gasteiger partial charge in [0.1, 0.15) is 0 Å². The monoisotopic (exact) mass is 383 g/mol. The maximum atomic E-state index is 11.9.